The van der Waals surface area contributed by atoms with Crippen molar-refractivity contribution in [3.8, 4) is 0 Å². The minimum atomic E-state index is -0.942. The minimum Gasteiger partial charge on any atom is -0.478 e. The van der Waals surface area contributed by atoms with E-state index in [4.69, 9.17) is 15.3 Å². The largest absolute Gasteiger partial charge is 0.478 e. The van der Waals surface area contributed by atoms with Crippen molar-refractivity contribution in [2.75, 3.05) is 12.4 Å². The molecule has 0 heterocycles. The summed E-state index contributed by atoms with van der Waals surface area (Å²) in [5.41, 5.74) is 1.16. The summed E-state index contributed by atoms with van der Waals surface area (Å²) in [6, 6.07) is 6.69. The summed E-state index contributed by atoms with van der Waals surface area (Å²) in [6.45, 7) is -0.248. The summed E-state index contributed by atoms with van der Waals surface area (Å²) >= 11 is 1.46. The molecule has 0 saturated carbocycles. The molecule has 0 saturated heterocycles. The molecule has 0 aromatic heterocycles. The van der Waals surface area contributed by atoms with Gasteiger partial charge in [0.05, 0.1) is 18.3 Å². The fraction of sp³-hybridized carbons (Fsp3) is 0.364. The van der Waals surface area contributed by atoms with E-state index in [0.717, 1.165) is 5.56 Å². The minimum absolute atomic E-state index is 0.248. The van der Waals surface area contributed by atoms with E-state index in [1.807, 2.05) is 6.07 Å². The Bertz CT molecular complexity index is 354. The standard InChI is InChI=1S/C11H14O4S/c12-5-10(13)7-16-6-8-2-1-3-9(4-8)11(14)15/h1-4,10,12-13H,5-7H2,(H,14,15). The molecule has 0 amide bonds. The van der Waals surface area contributed by atoms with Crippen molar-refractivity contribution < 1.29 is 20.1 Å². The molecular weight excluding hydrogens is 228 g/mol. The summed E-state index contributed by atoms with van der Waals surface area (Å²) in [5, 5.41) is 26.5. The molecule has 5 heteroatoms. The van der Waals surface area contributed by atoms with Crippen molar-refractivity contribution in [3.05, 3.63) is 35.4 Å². The molecule has 0 aliphatic rings. The maximum Gasteiger partial charge on any atom is 0.335 e. The van der Waals surface area contributed by atoms with Gasteiger partial charge in [0.1, 0.15) is 0 Å². The lowest BCUT2D eigenvalue weighted by molar-refractivity contribution is 0.0696. The summed E-state index contributed by atoms with van der Waals surface area (Å²) in [4.78, 5) is 10.7. The summed E-state index contributed by atoms with van der Waals surface area (Å²) in [5.74, 6) is 0.119. The molecule has 1 atom stereocenters. The average molecular weight is 242 g/mol. The highest BCUT2D eigenvalue weighted by Gasteiger charge is 2.05. The molecular formula is C11H14O4S. The van der Waals surface area contributed by atoms with E-state index in [1.54, 1.807) is 18.2 Å². The van der Waals surface area contributed by atoms with E-state index in [-0.39, 0.29) is 12.2 Å². The first kappa shape index (κ1) is 13.0. The number of hydrogen-bond acceptors (Lipinski definition) is 4. The van der Waals surface area contributed by atoms with Crippen LogP contribution in [0.3, 0.4) is 0 Å². The molecule has 1 rings (SSSR count). The Morgan fingerprint density at radius 3 is 2.81 bits per heavy atom. The molecule has 1 unspecified atom stereocenters. The van der Waals surface area contributed by atoms with E-state index >= 15 is 0 Å². The zero-order valence-corrected chi connectivity index (χ0v) is 9.48. The van der Waals surface area contributed by atoms with Crippen LogP contribution in [0.5, 0.6) is 0 Å². The first-order valence-electron chi connectivity index (χ1n) is 4.82. The second-order valence-corrected chi connectivity index (χ2v) is 4.39. The van der Waals surface area contributed by atoms with Crippen LogP contribution in [-0.2, 0) is 5.75 Å². The van der Waals surface area contributed by atoms with Gasteiger partial charge in [0, 0.05) is 11.5 Å². The Hall–Kier alpha value is -1.04. The number of aliphatic hydroxyl groups is 2. The third kappa shape index (κ3) is 4.22. The summed E-state index contributed by atoms with van der Waals surface area (Å²) in [6.07, 6.45) is -0.715. The molecule has 0 aliphatic carbocycles. The van der Waals surface area contributed by atoms with E-state index in [0.29, 0.717) is 11.5 Å². The van der Waals surface area contributed by atoms with Crippen molar-refractivity contribution in [2.45, 2.75) is 11.9 Å². The topological polar surface area (TPSA) is 77.8 Å². The van der Waals surface area contributed by atoms with Crippen LogP contribution in [0.15, 0.2) is 24.3 Å². The van der Waals surface area contributed by atoms with E-state index < -0.39 is 12.1 Å². The van der Waals surface area contributed by atoms with Gasteiger partial charge in [0.15, 0.2) is 0 Å². The molecule has 0 fully saturated rings. The van der Waals surface area contributed by atoms with Crippen molar-refractivity contribution >= 4 is 17.7 Å². The Morgan fingerprint density at radius 2 is 2.19 bits per heavy atom. The third-order valence-corrected chi connectivity index (χ3v) is 3.12. The predicted molar refractivity (Wildman–Crippen MR) is 62.7 cm³/mol. The number of rotatable bonds is 6. The normalized spacial score (nSPS) is 12.4. The molecule has 0 aliphatic heterocycles. The number of benzene rings is 1. The lowest BCUT2D eigenvalue weighted by Gasteiger charge is -2.06. The van der Waals surface area contributed by atoms with E-state index in [9.17, 15) is 4.79 Å². The van der Waals surface area contributed by atoms with Gasteiger partial charge in [-0.2, -0.15) is 11.8 Å². The van der Waals surface area contributed by atoms with Crippen LogP contribution in [0, 0.1) is 0 Å². The van der Waals surface area contributed by atoms with Crippen LogP contribution in [-0.4, -0.2) is 39.8 Å². The first-order chi connectivity index (χ1) is 7.63. The van der Waals surface area contributed by atoms with Crippen LogP contribution in [0.4, 0.5) is 0 Å². The van der Waals surface area contributed by atoms with E-state index in [2.05, 4.69) is 0 Å². The fourth-order valence-corrected chi connectivity index (χ4v) is 2.07. The zero-order chi connectivity index (χ0) is 12.0. The fourth-order valence-electron chi connectivity index (χ4n) is 1.16. The number of hydrogen-bond donors (Lipinski definition) is 3. The second-order valence-electron chi connectivity index (χ2n) is 3.36. The zero-order valence-electron chi connectivity index (χ0n) is 8.67. The molecule has 1 aromatic rings. The number of carboxylic acids is 1. The third-order valence-electron chi connectivity index (χ3n) is 1.96. The molecule has 0 radical (unpaired) electrons. The van der Waals surface area contributed by atoms with Crippen molar-refractivity contribution in [2.24, 2.45) is 0 Å². The Balaban J connectivity index is 2.48. The quantitative estimate of drug-likeness (QED) is 0.693. The molecule has 16 heavy (non-hydrogen) atoms. The predicted octanol–water partition coefficient (Wildman–Crippen LogP) is 0.971. The molecule has 1 aromatic carbocycles. The lowest BCUT2D eigenvalue weighted by atomic mass is 10.1. The van der Waals surface area contributed by atoms with Crippen LogP contribution < -0.4 is 0 Å². The van der Waals surface area contributed by atoms with Crippen molar-refractivity contribution in [3.63, 3.8) is 0 Å². The molecule has 0 bridgehead atoms. The molecule has 0 spiro atoms. The highest BCUT2D eigenvalue weighted by molar-refractivity contribution is 7.98. The maximum atomic E-state index is 10.7. The smallest absolute Gasteiger partial charge is 0.335 e. The SMILES string of the molecule is O=C(O)c1cccc(CSCC(O)CO)c1. The maximum absolute atomic E-state index is 10.7. The Morgan fingerprint density at radius 1 is 1.44 bits per heavy atom. The van der Waals surface area contributed by atoms with Gasteiger partial charge < -0.3 is 15.3 Å². The molecule has 4 nitrogen and oxygen atoms in total. The number of aliphatic hydroxyl groups excluding tert-OH is 2. The molecule has 88 valence electrons. The van der Waals surface area contributed by atoms with Gasteiger partial charge in [-0.05, 0) is 17.7 Å². The monoisotopic (exact) mass is 242 g/mol. The van der Waals surface area contributed by atoms with Gasteiger partial charge in [-0.1, -0.05) is 12.1 Å². The summed E-state index contributed by atoms with van der Waals surface area (Å²) < 4.78 is 0. The second kappa shape index (κ2) is 6.52. The summed E-state index contributed by atoms with van der Waals surface area (Å²) in [7, 11) is 0. The van der Waals surface area contributed by atoms with Crippen molar-refractivity contribution in [1.29, 1.82) is 0 Å². The van der Waals surface area contributed by atoms with Crippen LogP contribution in [0.2, 0.25) is 0 Å². The lowest BCUT2D eigenvalue weighted by Crippen LogP contribution is -2.14. The Labute approximate surface area is 97.9 Å². The number of carboxylic acid groups (broad SMARTS) is 1. The molecule has 3 N–H and O–H groups in total. The van der Waals surface area contributed by atoms with Crippen LogP contribution >= 0.6 is 11.8 Å². The van der Waals surface area contributed by atoms with Crippen molar-refractivity contribution in [1.82, 2.24) is 0 Å². The van der Waals surface area contributed by atoms with Gasteiger partial charge in [0.2, 0.25) is 0 Å². The first-order valence-corrected chi connectivity index (χ1v) is 5.98. The van der Waals surface area contributed by atoms with Gasteiger partial charge in [0.25, 0.3) is 0 Å². The van der Waals surface area contributed by atoms with Crippen LogP contribution in [0.1, 0.15) is 15.9 Å². The highest BCUT2D eigenvalue weighted by atomic mass is 32.2. The number of carbonyl (C=O) groups is 1. The number of aromatic carboxylic acids is 1. The van der Waals surface area contributed by atoms with E-state index in [1.165, 1.54) is 11.8 Å². The van der Waals surface area contributed by atoms with Gasteiger partial charge >= 0.3 is 5.97 Å². The van der Waals surface area contributed by atoms with Crippen LogP contribution in [0.25, 0.3) is 0 Å². The van der Waals surface area contributed by atoms with Gasteiger partial charge in [-0.3, -0.25) is 0 Å². The van der Waals surface area contributed by atoms with Gasteiger partial charge in [-0.25, -0.2) is 4.79 Å². The highest BCUT2D eigenvalue weighted by Crippen LogP contribution is 2.14. The Kier molecular flexibility index (Phi) is 5.31. The van der Waals surface area contributed by atoms with Gasteiger partial charge in [-0.15, -0.1) is 0 Å². The number of thioether (sulfide) groups is 1. The average Bonchev–Trinajstić information content (AvgIpc) is 2.29.